The number of anilines is 1. The quantitative estimate of drug-likeness (QED) is 0.463. The fraction of sp³-hybridized carbons (Fsp3) is 0.200. The maximum atomic E-state index is 12.4. The third-order valence-electron chi connectivity index (χ3n) is 5.05. The monoisotopic (exact) mass is 400 g/mol. The van der Waals surface area contributed by atoms with E-state index < -0.39 is 0 Å². The average Bonchev–Trinajstić information content (AvgIpc) is 3.13. The van der Waals surface area contributed by atoms with E-state index in [4.69, 9.17) is 9.15 Å². The maximum Gasteiger partial charge on any atom is 0.262 e. The van der Waals surface area contributed by atoms with Crippen LogP contribution in [0.25, 0.3) is 22.6 Å². The first-order valence-corrected chi connectivity index (χ1v) is 9.88. The molecule has 0 saturated carbocycles. The molecular formula is C25H24N2O3. The van der Waals surface area contributed by atoms with Gasteiger partial charge in [0, 0.05) is 11.3 Å². The summed E-state index contributed by atoms with van der Waals surface area (Å²) in [4.78, 5) is 17.1. The second-order valence-corrected chi connectivity index (χ2v) is 7.58. The van der Waals surface area contributed by atoms with Gasteiger partial charge in [-0.25, -0.2) is 4.98 Å². The molecule has 3 aromatic carbocycles. The Hall–Kier alpha value is -3.60. The molecule has 0 radical (unpaired) electrons. The van der Waals surface area contributed by atoms with Gasteiger partial charge in [-0.2, -0.15) is 0 Å². The van der Waals surface area contributed by atoms with Crippen LogP contribution in [0.15, 0.2) is 59.0 Å². The summed E-state index contributed by atoms with van der Waals surface area (Å²) in [5.41, 5.74) is 7.41. The molecule has 1 aromatic heterocycles. The molecule has 0 aliphatic carbocycles. The van der Waals surface area contributed by atoms with Gasteiger partial charge in [0.25, 0.3) is 5.91 Å². The Morgan fingerprint density at radius 2 is 1.77 bits per heavy atom. The second-order valence-electron chi connectivity index (χ2n) is 7.58. The highest BCUT2D eigenvalue weighted by molar-refractivity contribution is 5.93. The lowest BCUT2D eigenvalue weighted by Crippen LogP contribution is -2.20. The van der Waals surface area contributed by atoms with Crippen LogP contribution in [0.2, 0.25) is 0 Å². The zero-order chi connectivity index (χ0) is 21.3. The van der Waals surface area contributed by atoms with Crippen molar-refractivity contribution in [3.63, 3.8) is 0 Å². The Morgan fingerprint density at radius 1 is 1.00 bits per heavy atom. The topological polar surface area (TPSA) is 64.4 Å². The Morgan fingerprint density at radius 3 is 2.53 bits per heavy atom. The molecule has 0 fully saturated rings. The van der Waals surface area contributed by atoms with Crippen molar-refractivity contribution in [2.75, 3.05) is 11.9 Å². The van der Waals surface area contributed by atoms with Crippen LogP contribution in [-0.2, 0) is 4.79 Å². The van der Waals surface area contributed by atoms with Gasteiger partial charge in [0.2, 0.25) is 5.89 Å². The van der Waals surface area contributed by atoms with Crippen molar-refractivity contribution < 1.29 is 13.9 Å². The standard InChI is InChI=1S/C25H24N2O3/c1-15-8-10-19(11-9-15)29-14-23(28)26-21-7-5-6-20(18(21)4)25-27-22-13-16(2)12-17(3)24(22)30-25/h5-13H,14H2,1-4H3,(H,26,28). The molecule has 5 nitrogen and oxygen atoms in total. The van der Waals surface area contributed by atoms with Crippen molar-refractivity contribution in [2.45, 2.75) is 27.7 Å². The van der Waals surface area contributed by atoms with Crippen molar-refractivity contribution in [3.8, 4) is 17.2 Å². The van der Waals surface area contributed by atoms with Crippen LogP contribution >= 0.6 is 0 Å². The number of carbonyl (C=O) groups is 1. The summed E-state index contributed by atoms with van der Waals surface area (Å²) in [7, 11) is 0. The number of amides is 1. The zero-order valence-corrected chi connectivity index (χ0v) is 17.6. The van der Waals surface area contributed by atoms with Gasteiger partial charge in [-0.15, -0.1) is 0 Å². The van der Waals surface area contributed by atoms with E-state index in [1.807, 2.05) is 76.2 Å². The van der Waals surface area contributed by atoms with E-state index in [-0.39, 0.29) is 12.5 Å². The first kappa shape index (κ1) is 19.7. The normalized spacial score (nSPS) is 10.9. The summed E-state index contributed by atoms with van der Waals surface area (Å²) in [6.45, 7) is 7.95. The highest BCUT2D eigenvalue weighted by Gasteiger charge is 2.15. The molecular weight excluding hydrogens is 376 g/mol. The summed E-state index contributed by atoms with van der Waals surface area (Å²) in [5.74, 6) is 0.987. The lowest BCUT2D eigenvalue weighted by molar-refractivity contribution is -0.118. The third kappa shape index (κ3) is 4.06. The van der Waals surface area contributed by atoms with Gasteiger partial charge in [-0.1, -0.05) is 29.8 Å². The molecule has 30 heavy (non-hydrogen) atoms. The number of nitrogens with zero attached hydrogens (tertiary/aromatic N) is 1. The maximum absolute atomic E-state index is 12.4. The van der Waals surface area contributed by atoms with Crippen LogP contribution in [-0.4, -0.2) is 17.5 Å². The number of hydrogen-bond acceptors (Lipinski definition) is 4. The van der Waals surface area contributed by atoms with Gasteiger partial charge in [0.15, 0.2) is 12.2 Å². The number of aryl methyl sites for hydroxylation is 3. The van der Waals surface area contributed by atoms with Crippen molar-refractivity contribution in [1.82, 2.24) is 4.98 Å². The Labute approximate surface area is 175 Å². The molecule has 0 bridgehead atoms. The highest BCUT2D eigenvalue weighted by atomic mass is 16.5. The number of oxazole rings is 1. The van der Waals surface area contributed by atoms with Crippen LogP contribution in [0.4, 0.5) is 5.69 Å². The first-order valence-electron chi connectivity index (χ1n) is 9.88. The molecule has 152 valence electrons. The number of aromatic nitrogens is 1. The van der Waals surface area contributed by atoms with Gasteiger partial charge in [0.05, 0.1) is 0 Å². The molecule has 1 heterocycles. The summed E-state index contributed by atoms with van der Waals surface area (Å²) in [6, 6.07) is 17.4. The van der Waals surface area contributed by atoms with E-state index in [0.717, 1.165) is 38.9 Å². The van der Waals surface area contributed by atoms with Crippen LogP contribution in [0, 0.1) is 27.7 Å². The van der Waals surface area contributed by atoms with E-state index in [1.54, 1.807) is 0 Å². The van der Waals surface area contributed by atoms with Gasteiger partial charge in [-0.3, -0.25) is 4.79 Å². The zero-order valence-electron chi connectivity index (χ0n) is 17.6. The Balaban J connectivity index is 1.53. The van der Waals surface area contributed by atoms with E-state index in [0.29, 0.717) is 17.3 Å². The predicted octanol–water partition coefficient (Wildman–Crippen LogP) is 5.75. The SMILES string of the molecule is Cc1ccc(OCC(=O)Nc2cccc(-c3nc4cc(C)cc(C)c4o3)c2C)cc1. The molecule has 5 heteroatoms. The van der Waals surface area contributed by atoms with Crippen molar-refractivity contribution in [3.05, 3.63) is 76.9 Å². The minimum Gasteiger partial charge on any atom is -0.484 e. The van der Waals surface area contributed by atoms with Crippen LogP contribution in [0.5, 0.6) is 5.75 Å². The minimum atomic E-state index is -0.222. The van der Waals surface area contributed by atoms with Gasteiger partial charge >= 0.3 is 0 Å². The van der Waals surface area contributed by atoms with Crippen LogP contribution in [0.3, 0.4) is 0 Å². The average molecular weight is 400 g/mol. The number of benzene rings is 3. The van der Waals surface area contributed by atoms with Gasteiger partial charge < -0.3 is 14.5 Å². The van der Waals surface area contributed by atoms with Gasteiger partial charge in [-0.05, 0) is 74.7 Å². The molecule has 0 aliphatic rings. The lowest BCUT2D eigenvalue weighted by atomic mass is 10.1. The highest BCUT2D eigenvalue weighted by Crippen LogP contribution is 2.32. The molecule has 0 saturated heterocycles. The minimum absolute atomic E-state index is 0.0614. The largest absolute Gasteiger partial charge is 0.484 e. The number of nitrogens with one attached hydrogen (secondary N) is 1. The molecule has 1 N–H and O–H groups in total. The fourth-order valence-electron chi connectivity index (χ4n) is 3.46. The fourth-order valence-corrected chi connectivity index (χ4v) is 3.46. The molecule has 1 amide bonds. The van der Waals surface area contributed by atoms with E-state index in [1.165, 1.54) is 0 Å². The van der Waals surface area contributed by atoms with Crippen LogP contribution in [0.1, 0.15) is 22.3 Å². The van der Waals surface area contributed by atoms with E-state index in [2.05, 4.69) is 16.4 Å². The van der Waals surface area contributed by atoms with Crippen molar-refractivity contribution in [1.29, 1.82) is 0 Å². The van der Waals surface area contributed by atoms with E-state index in [9.17, 15) is 4.79 Å². The Kier molecular flexibility index (Phi) is 5.27. The number of ether oxygens (including phenoxy) is 1. The van der Waals surface area contributed by atoms with Gasteiger partial charge in [0.1, 0.15) is 11.3 Å². The third-order valence-corrected chi connectivity index (χ3v) is 5.05. The summed E-state index contributed by atoms with van der Waals surface area (Å²) < 4.78 is 11.6. The number of carbonyl (C=O) groups excluding carboxylic acids is 1. The number of fused-ring (bicyclic) bond motifs is 1. The molecule has 4 rings (SSSR count). The summed E-state index contributed by atoms with van der Waals surface area (Å²) in [6.07, 6.45) is 0. The first-order chi connectivity index (χ1) is 14.4. The number of hydrogen-bond donors (Lipinski definition) is 1. The van der Waals surface area contributed by atoms with Crippen molar-refractivity contribution in [2.24, 2.45) is 0 Å². The summed E-state index contributed by atoms with van der Waals surface area (Å²) in [5, 5.41) is 2.92. The lowest BCUT2D eigenvalue weighted by Gasteiger charge is -2.11. The molecule has 0 unspecified atom stereocenters. The molecule has 0 spiro atoms. The molecule has 0 aliphatic heterocycles. The summed E-state index contributed by atoms with van der Waals surface area (Å²) >= 11 is 0. The van der Waals surface area contributed by atoms with Crippen molar-refractivity contribution >= 4 is 22.7 Å². The Bertz CT molecular complexity index is 1220. The second kappa shape index (κ2) is 8.03. The predicted molar refractivity (Wildman–Crippen MR) is 119 cm³/mol. The van der Waals surface area contributed by atoms with E-state index >= 15 is 0 Å². The molecule has 4 aromatic rings. The van der Waals surface area contributed by atoms with Crippen LogP contribution < -0.4 is 10.1 Å². The molecule has 0 atom stereocenters. The smallest absolute Gasteiger partial charge is 0.262 e. The number of rotatable bonds is 5.